The van der Waals surface area contributed by atoms with Gasteiger partial charge in [-0.25, -0.2) is 0 Å². The van der Waals surface area contributed by atoms with Crippen LogP contribution in [-0.2, 0) is 4.74 Å². The van der Waals surface area contributed by atoms with Gasteiger partial charge >= 0.3 is 0 Å². The standard InChI is InChI=1S/C27H44O/c1-17(2)28-19(4)21-10-11-22-20-9-12-24-25(5,6)18(3)13-15-27(24,8)23(20)14-16-26(21,22)7/h9,12,17-19,21-23H,10-11,13-16H2,1-8H3. The summed E-state index contributed by atoms with van der Waals surface area (Å²) in [5, 5.41) is 0. The summed E-state index contributed by atoms with van der Waals surface area (Å²) >= 11 is 0. The maximum absolute atomic E-state index is 6.30. The van der Waals surface area contributed by atoms with Gasteiger partial charge in [0.25, 0.3) is 0 Å². The zero-order valence-electron chi connectivity index (χ0n) is 19.8. The van der Waals surface area contributed by atoms with Crippen molar-refractivity contribution in [1.29, 1.82) is 0 Å². The second-order valence-electron chi connectivity index (χ2n) is 12.0. The summed E-state index contributed by atoms with van der Waals surface area (Å²) in [4.78, 5) is 0. The quantitative estimate of drug-likeness (QED) is 0.487. The maximum Gasteiger partial charge on any atom is 0.0584 e. The highest BCUT2D eigenvalue weighted by Gasteiger charge is 2.59. The summed E-state index contributed by atoms with van der Waals surface area (Å²) in [6.45, 7) is 19.4. The van der Waals surface area contributed by atoms with E-state index in [1.165, 1.54) is 38.5 Å². The van der Waals surface area contributed by atoms with Crippen LogP contribution >= 0.6 is 0 Å². The van der Waals surface area contributed by atoms with Gasteiger partial charge in [0, 0.05) is 0 Å². The third-order valence-corrected chi connectivity index (χ3v) is 10.1. The summed E-state index contributed by atoms with van der Waals surface area (Å²) in [6.07, 6.45) is 14.1. The molecular formula is C27H44O. The van der Waals surface area contributed by atoms with Crippen LogP contribution < -0.4 is 0 Å². The van der Waals surface area contributed by atoms with Crippen molar-refractivity contribution in [2.75, 3.05) is 0 Å². The highest BCUT2D eigenvalue weighted by molar-refractivity contribution is 5.41. The van der Waals surface area contributed by atoms with Crippen LogP contribution in [0.1, 0.15) is 93.9 Å². The number of hydrogen-bond acceptors (Lipinski definition) is 1. The van der Waals surface area contributed by atoms with E-state index in [1.807, 2.05) is 5.57 Å². The summed E-state index contributed by atoms with van der Waals surface area (Å²) in [5.41, 5.74) is 4.72. The monoisotopic (exact) mass is 384 g/mol. The van der Waals surface area contributed by atoms with Crippen molar-refractivity contribution in [1.82, 2.24) is 0 Å². The summed E-state index contributed by atoms with van der Waals surface area (Å²) in [7, 11) is 0. The van der Waals surface area contributed by atoms with Gasteiger partial charge in [-0.15, -0.1) is 0 Å². The normalized spacial score (nSPS) is 45.6. The Labute approximate surface area is 174 Å². The predicted molar refractivity (Wildman–Crippen MR) is 119 cm³/mol. The molecule has 3 fully saturated rings. The lowest BCUT2D eigenvalue weighted by molar-refractivity contribution is -0.0594. The Balaban J connectivity index is 1.68. The van der Waals surface area contributed by atoms with E-state index in [9.17, 15) is 0 Å². The second kappa shape index (κ2) is 6.73. The van der Waals surface area contributed by atoms with Crippen molar-refractivity contribution in [2.24, 2.45) is 39.9 Å². The molecule has 0 radical (unpaired) electrons. The van der Waals surface area contributed by atoms with E-state index < -0.39 is 0 Å². The van der Waals surface area contributed by atoms with Crippen LogP contribution in [0.25, 0.3) is 0 Å². The Morgan fingerprint density at radius 3 is 2.29 bits per heavy atom. The number of ether oxygens (including phenoxy) is 1. The van der Waals surface area contributed by atoms with Crippen molar-refractivity contribution in [3.8, 4) is 0 Å². The molecule has 4 aliphatic rings. The molecule has 0 spiro atoms. The van der Waals surface area contributed by atoms with Crippen molar-refractivity contribution in [2.45, 2.75) is 106 Å². The third kappa shape index (κ3) is 2.82. The van der Waals surface area contributed by atoms with Gasteiger partial charge in [-0.3, -0.25) is 0 Å². The smallest absolute Gasteiger partial charge is 0.0584 e. The first-order valence-corrected chi connectivity index (χ1v) is 12.1. The van der Waals surface area contributed by atoms with E-state index >= 15 is 0 Å². The van der Waals surface area contributed by atoms with E-state index in [1.54, 1.807) is 5.57 Å². The minimum atomic E-state index is 0.332. The lowest BCUT2D eigenvalue weighted by Crippen LogP contribution is -2.50. The minimum absolute atomic E-state index is 0.332. The van der Waals surface area contributed by atoms with Crippen LogP contribution in [0.2, 0.25) is 0 Å². The molecule has 0 aromatic heterocycles. The molecule has 28 heavy (non-hydrogen) atoms. The van der Waals surface area contributed by atoms with Gasteiger partial charge < -0.3 is 4.74 Å². The zero-order valence-corrected chi connectivity index (χ0v) is 19.8. The Morgan fingerprint density at radius 1 is 0.893 bits per heavy atom. The average Bonchev–Trinajstić information content (AvgIpc) is 2.95. The average molecular weight is 385 g/mol. The van der Waals surface area contributed by atoms with Crippen molar-refractivity contribution >= 4 is 0 Å². The molecule has 0 aromatic rings. The summed E-state index contributed by atoms with van der Waals surface area (Å²) in [6, 6.07) is 0. The number of allylic oxidation sites excluding steroid dienone is 4. The van der Waals surface area contributed by atoms with Gasteiger partial charge in [-0.05, 0) is 99.2 Å². The molecule has 0 N–H and O–H groups in total. The Morgan fingerprint density at radius 2 is 1.61 bits per heavy atom. The largest absolute Gasteiger partial charge is 0.376 e. The Kier molecular flexibility index (Phi) is 4.97. The maximum atomic E-state index is 6.30. The fourth-order valence-electron chi connectivity index (χ4n) is 8.21. The molecular weight excluding hydrogens is 340 g/mol. The first-order chi connectivity index (χ1) is 13.0. The zero-order chi connectivity index (χ0) is 20.5. The minimum Gasteiger partial charge on any atom is -0.376 e. The van der Waals surface area contributed by atoms with Crippen molar-refractivity contribution in [3.05, 3.63) is 23.3 Å². The molecule has 0 aromatic carbocycles. The number of rotatable bonds is 3. The van der Waals surface area contributed by atoms with Crippen LogP contribution in [0.5, 0.6) is 0 Å². The summed E-state index contributed by atoms with van der Waals surface area (Å²) in [5.74, 6) is 3.05. The van der Waals surface area contributed by atoms with Crippen molar-refractivity contribution in [3.63, 3.8) is 0 Å². The Bertz CT molecular complexity index is 682. The molecule has 0 amide bonds. The van der Waals surface area contributed by atoms with E-state index in [0.29, 0.717) is 34.4 Å². The van der Waals surface area contributed by atoms with Crippen LogP contribution in [0.15, 0.2) is 23.3 Å². The van der Waals surface area contributed by atoms with E-state index in [2.05, 4.69) is 67.5 Å². The van der Waals surface area contributed by atoms with Gasteiger partial charge in [0.15, 0.2) is 0 Å². The van der Waals surface area contributed by atoms with Crippen LogP contribution in [0, 0.1) is 39.9 Å². The van der Waals surface area contributed by atoms with Crippen LogP contribution in [-0.4, -0.2) is 12.2 Å². The lowest BCUT2D eigenvalue weighted by atomic mass is 9.46. The molecule has 0 heterocycles. The number of hydrogen-bond donors (Lipinski definition) is 0. The molecule has 3 saturated carbocycles. The van der Waals surface area contributed by atoms with E-state index in [0.717, 1.165) is 17.8 Å². The topological polar surface area (TPSA) is 9.23 Å². The fourth-order valence-corrected chi connectivity index (χ4v) is 8.21. The number of fused-ring (bicyclic) bond motifs is 5. The molecule has 4 rings (SSSR count). The molecule has 0 bridgehead atoms. The van der Waals surface area contributed by atoms with Crippen molar-refractivity contribution < 1.29 is 4.74 Å². The molecule has 7 unspecified atom stereocenters. The van der Waals surface area contributed by atoms with Gasteiger partial charge in [0.1, 0.15) is 0 Å². The highest BCUT2D eigenvalue weighted by atomic mass is 16.5. The molecule has 158 valence electrons. The van der Waals surface area contributed by atoms with E-state index in [-0.39, 0.29) is 0 Å². The van der Waals surface area contributed by atoms with Gasteiger partial charge in [-0.1, -0.05) is 57.9 Å². The summed E-state index contributed by atoms with van der Waals surface area (Å²) < 4.78 is 6.30. The van der Waals surface area contributed by atoms with Crippen LogP contribution in [0.4, 0.5) is 0 Å². The van der Waals surface area contributed by atoms with Crippen LogP contribution in [0.3, 0.4) is 0 Å². The molecule has 1 nitrogen and oxygen atoms in total. The second-order valence-corrected chi connectivity index (χ2v) is 12.0. The van der Waals surface area contributed by atoms with Gasteiger partial charge in [0.05, 0.1) is 12.2 Å². The highest BCUT2D eigenvalue weighted by Crippen LogP contribution is 2.67. The molecule has 4 aliphatic carbocycles. The third-order valence-electron chi connectivity index (χ3n) is 10.1. The Hall–Kier alpha value is -0.560. The first-order valence-electron chi connectivity index (χ1n) is 12.1. The molecule has 0 aliphatic heterocycles. The van der Waals surface area contributed by atoms with Gasteiger partial charge in [-0.2, -0.15) is 0 Å². The lowest BCUT2D eigenvalue weighted by Gasteiger charge is -2.59. The fraction of sp³-hybridized carbons (Fsp3) is 0.852. The predicted octanol–water partition coefficient (Wildman–Crippen LogP) is 7.57. The molecule has 1 heteroatoms. The van der Waals surface area contributed by atoms with Gasteiger partial charge in [0.2, 0.25) is 0 Å². The molecule has 0 saturated heterocycles. The SMILES string of the molecule is CC(C)OC(C)C1CCC2C3=CC=C4C(C)(C)C(C)CCC4(C)C3CCC21C. The van der Waals surface area contributed by atoms with E-state index in [4.69, 9.17) is 4.74 Å². The first kappa shape index (κ1) is 20.7. The molecule has 7 atom stereocenters.